The lowest BCUT2D eigenvalue weighted by Gasteiger charge is -2.07. The summed E-state index contributed by atoms with van der Waals surface area (Å²) in [6.07, 6.45) is 1.47. The first kappa shape index (κ1) is 18.4. The first-order valence-electron chi connectivity index (χ1n) is 7.18. The van der Waals surface area contributed by atoms with Gasteiger partial charge in [-0.25, -0.2) is 0 Å². The summed E-state index contributed by atoms with van der Waals surface area (Å²) < 4.78 is 9.98. The van der Waals surface area contributed by atoms with Crippen LogP contribution in [0.2, 0.25) is 0 Å². The van der Waals surface area contributed by atoms with Gasteiger partial charge in [-0.1, -0.05) is 26.0 Å². The highest BCUT2D eigenvalue weighted by molar-refractivity contribution is 6.01. The number of ether oxygens (including phenoxy) is 2. The molecule has 0 aliphatic carbocycles. The lowest BCUT2D eigenvalue weighted by molar-refractivity contribution is -0.137. The molecule has 0 bridgehead atoms. The van der Waals surface area contributed by atoms with Crippen molar-refractivity contribution in [2.75, 3.05) is 20.3 Å². The second-order valence-corrected chi connectivity index (χ2v) is 5.06. The lowest BCUT2D eigenvalue weighted by atomic mass is 10.1. The SMILES string of the molecule is COCCNC(=O)/C(C#N)=C/c1ccc(OC(=O)C(C)C)cc1. The number of nitriles is 1. The topological polar surface area (TPSA) is 88.4 Å². The Morgan fingerprint density at radius 1 is 1.30 bits per heavy atom. The van der Waals surface area contributed by atoms with Gasteiger partial charge in [-0.2, -0.15) is 5.26 Å². The maximum absolute atomic E-state index is 11.8. The van der Waals surface area contributed by atoms with Crippen LogP contribution in [0, 0.1) is 17.2 Å². The minimum Gasteiger partial charge on any atom is -0.426 e. The van der Waals surface area contributed by atoms with Gasteiger partial charge < -0.3 is 14.8 Å². The molecule has 0 radical (unpaired) electrons. The number of hydrogen-bond acceptors (Lipinski definition) is 5. The Bertz CT molecular complexity index is 612. The molecular weight excluding hydrogens is 296 g/mol. The number of carbonyl (C=O) groups is 2. The standard InChI is InChI=1S/C17H20N2O4/c1-12(2)17(21)23-15-6-4-13(5-7-15)10-14(11-18)16(20)19-8-9-22-3/h4-7,10,12H,8-9H2,1-3H3,(H,19,20)/b14-10+. The van der Waals surface area contributed by atoms with Crippen molar-refractivity contribution in [1.82, 2.24) is 5.32 Å². The van der Waals surface area contributed by atoms with E-state index >= 15 is 0 Å². The lowest BCUT2D eigenvalue weighted by Crippen LogP contribution is -2.27. The van der Waals surface area contributed by atoms with Crippen LogP contribution >= 0.6 is 0 Å². The van der Waals surface area contributed by atoms with Gasteiger partial charge in [-0.3, -0.25) is 9.59 Å². The van der Waals surface area contributed by atoms with E-state index in [-0.39, 0.29) is 17.5 Å². The minimum absolute atomic E-state index is 0.00646. The van der Waals surface area contributed by atoms with Crippen LogP contribution in [0.15, 0.2) is 29.8 Å². The fourth-order valence-electron chi connectivity index (χ4n) is 1.54. The van der Waals surface area contributed by atoms with Gasteiger partial charge >= 0.3 is 5.97 Å². The van der Waals surface area contributed by atoms with Gasteiger partial charge in [-0.15, -0.1) is 0 Å². The van der Waals surface area contributed by atoms with E-state index < -0.39 is 5.91 Å². The van der Waals surface area contributed by atoms with Crippen molar-refractivity contribution in [1.29, 1.82) is 5.26 Å². The summed E-state index contributed by atoms with van der Waals surface area (Å²) in [4.78, 5) is 23.3. The third kappa shape index (κ3) is 6.32. The number of nitrogens with zero attached hydrogens (tertiary/aromatic N) is 1. The molecule has 6 heteroatoms. The van der Waals surface area contributed by atoms with Crippen molar-refractivity contribution in [2.24, 2.45) is 5.92 Å². The Balaban J connectivity index is 2.76. The van der Waals surface area contributed by atoms with Crippen molar-refractivity contribution in [3.8, 4) is 11.8 Å². The van der Waals surface area contributed by atoms with E-state index in [0.29, 0.717) is 24.5 Å². The van der Waals surface area contributed by atoms with Gasteiger partial charge in [0, 0.05) is 13.7 Å². The number of rotatable bonds is 7. The average molecular weight is 316 g/mol. The van der Waals surface area contributed by atoms with Crippen LogP contribution in [0.1, 0.15) is 19.4 Å². The molecule has 1 N–H and O–H groups in total. The van der Waals surface area contributed by atoms with Crippen LogP contribution in [0.5, 0.6) is 5.75 Å². The number of hydrogen-bond donors (Lipinski definition) is 1. The van der Waals surface area contributed by atoms with E-state index in [0.717, 1.165) is 0 Å². The Morgan fingerprint density at radius 2 is 1.96 bits per heavy atom. The van der Waals surface area contributed by atoms with Gasteiger partial charge in [0.15, 0.2) is 0 Å². The van der Waals surface area contributed by atoms with Crippen molar-refractivity contribution in [3.63, 3.8) is 0 Å². The summed E-state index contributed by atoms with van der Waals surface area (Å²) in [6.45, 7) is 4.21. The second-order valence-electron chi connectivity index (χ2n) is 5.06. The third-order valence-corrected chi connectivity index (χ3v) is 2.84. The largest absolute Gasteiger partial charge is 0.426 e. The number of methoxy groups -OCH3 is 1. The van der Waals surface area contributed by atoms with Crippen molar-refractivity contribution < 1.29 is 19.1 Å². The molecule has 0 spiro atoms. The zero-order valence-corrected chi connectivity index (χ0v) is 13.5. The van der Waals surface area contributed by atoms with Gasteiger partial charge in [0.2, 0.25) is 0 Å². The molecular formula is C17H20N2O4. The summed E-state index contributed by atoms with van der Waals surface area (Å²) in [5.74, 6) is -0.567. The van der Waals surface area contributed by atoms with E-state index in [1.54, 1.807) is 38.1 Å². The van der Waals surface area contributed by atoms with Crippen LogP contribution in [0.25, 0.3) is 6.08 Å². The molecule has 0 aromatic heterocycles. The molecule has 6 nitrogen and oxygen atoms in total. The summed E-state index contributed by atoms with van der Waals surface area (Å²) >= 11 is 0. The maximum Gasteiger partial charge on any atom is 0.313 e. The highest BCUT2D eigenvalue weighted by atomic mass is 16.5. The van der Waals surface area contributed by atoms with Gasteiger partial charge in [0.1, 0.15) is 17.4 Å². The molecule has 0 aliphatic heterocycles. The molecule has 0 unspecified atom stereocenters. The molecule has 0 aliphatic rings. The second kappa shape index (κ2) is 9.38. The predicted octanol–water partition coefficient (Wildman–Crippen LogP) is 1.92. The number of amides is 1. The molecule has 0 heterocycles. The average Bonchev–Trinajstić information content (AvgIpc) is 2.54. The van der Waals surface area contributed by atoms with Crippen LogP contribution < -0.4 is 10.1 Å². The molecule has 1 aromatic carbocycles. The van der Waals surface area contributed by atoms with Gasteiger partial charge in [0.05, 0.1) is 12.5 Å². The number of nitrogens with one attached hydrogen (secondary N) is 1. The van der Waals surface area contributed by atoms with Crippen molar-refractivity contribution in [2.45, 2.75) is 13.8 Å². The molecule has 1 amide bonds. The van der Waals surface area contributed by atoms with E-state index in [9.17, 15) is 9.59 Å². The molecule has 0 fully saturated rings. The number of benzene rings is 1. The molecule has 1 aromatic rings. The summed E-state index contributed by atoms with van der Waals surface area (Å²) in [7, 11) is 1.53. The molecule has 0 saturated heterocycles. The fourth-order valence-corrected chi connectivity index (χ4v) is 1.54. The quantitative estimate of drug-likeness (QED) is 0.273. The Hall–Kier alpha value is -2.65. The van der Waals surface area contributed by atoms with Crippen LogP contribution in [0.3, 0.4) is 0 Å². The summed E-state index contributed by atoms with van der Waals surface area (Å²) in [5.41, 5.74) is 0.654. The first-order valence-corrected chi connectivity index (χ1v) is 7.18. The van der Waals surface area contributed by atoms with Crippen LogP contribution in [0.4, 0.5) is 0 Å². The van der Waals surface area contributed by atoms with Crippen molar-refractivity contribution >= 4 is 18.0 Å². The zero-order chi connectivity index (χ0) is 17.2. The monoisotopic (exact) mass is 316 g/mol. The predicted molar refractivity (Wildman–Crippen MR) is 85.4 cm³/mol. The molecule has 0 atom stereocenters. The molecule has 23 heavy (non-hydrogen) atoms. The highest BCUT2D eigenvalue weighted by Gasteiger charge is 2.10. The summed E-state index contributed by atoms with van der Waals surface area (Å²) in [6, 6.07) is 8.43. The van der Waals surface area contributed by atoms with Gasteiger partial charge in [0.25, 0.3) is 5.91 Å². The normalized spacial score (nSPS) is 11.0. The Kier molecular flexibility index (Phi) is 7.51. The Morgan fingerprint density at radius 3 is 2.48 bits per heavy atom. The number of carbonyl (C=O) groups excluding carboxylic acids is 2. The highest BCUT2D eigenvalue weighted by Crippen LogP contribution is 2.16. The van der Waals surface area contributed by atoms with Crippen LogP contribution in [-0.2, 0) is 14.3 Å². The van der Waals surface area contributed by atoms with Crippen LogP contribution in [-0.4, -0.2) is 32.1 Å². The minimum atomic E-state index is -0.458. The molecule has 1 rings (SSSR count). The molecule has 122 valence electrons. The first-order chi connectivity index (χ1) is 11.0. The van der Waals surface area contributed by atoms with Crippen molar-refractivity contribution in [3.05, 3.63) is 35.4 Å². The smallest absolute Gasteiger partial charge is 0.313 e. The van der Waals surface area contributed by atoms with E-state index in [4.69, 9.17) is 14.7 Å². The van der Waals surface area contributed by atoms with E-state index in [1.807, 2.05) is 6.07 Å². The zero-order valence-electron chi connectivity index (χ0n) is 13.5. The van der Waals surface area contributed by atoms with Gasteiger partial charge in [-0.05, 0) is 23.8 Å². The Labute approximate surface area is 135 Å². The fraction of sp³-hybridized carbons (Fsp3) is 0.353. The summed E-state index contributed by atoms with van der Waals surface area (Å²) in [5, 5.41) is 11.6. The molecule has 0 saturated carbocycles. The van der Waals surface area contributed by atoms with E-state index in [1.165, 1.54) is 13.2 Å². The number of esters is 1. The van der Waals surface area contributed by atoms with E-state index in [2.05, 4.69) is 5.32 Å². The maximum atomic E-state index is 11.8. The third-order valence-electron chi connectivity index (χ3n) is 2.84.